The number of hydrogen-bond donors (Lipinski definition) is 3. The normalized spacial score (nSPS) is 11.0. The first-order valence-corrected chi connectivity index (χ1v) is 5.74. The zero-order valence-corrected chi connectivity index (χ0v) is 12.6. The number of anilines is 2. The quantitative estimate of drug-likeness (QED) is 0.309. The molecule has 0 radical (unpaired) electrons. The van der Waals surface area contributed by atoms with Crippen LogP contribution >= 0.6 is 0 Å². The molecular formula is C9H15N2NaO3S. The number of nitrogens with two attached hydrogens (primary N) is 2. The summed E-state index contributed by atoms with van der Waals surface area (Å²) in [5.41, 5.74) is 13.3. The Labute approximate surface area is 119 Å². The summed E-state index contributed by atoms with van der Waals surface area (Å²) >= 11 is 0. The Balaban J connectivity index is 0. The van der Waals surface area contributed by atoms with Crippen molar-refractivity contribution in [1.29, 1.82) is 0 Å². The second-order valence-electron chi connectivity index (χ2n) is 3.51. The molecule has 1 aromatic rings. The molecule has 16 heavy (non-hydrogen) atoms. The molecule has 0 spiro atoms. The molecule has 86 valence electrons. The molecule has 0 aromatic heterocycles. The van der Waals surface area contributed by atoms with Crippen molar-refractivity contribution in [3.63, 3.8) is 0 Å². The van der Waals surface area contributed by atoms with Crippen LogP contribution in [0.4, 0.5) is 11.4 Å². The van der Waals surface area contributed by atoms with Gasteiger partial charge in [-0.15, -0.1) is 0 Å². The minimum Gasteiger partial charge on any atom is -1.00 e. The Kier molecular flexibility index (Phi) is 4.85. The van der Waals surface area contributed by atoms with Crippen LogP contribution < -0.4 is 41.0 Å². The standard InChI is InChI=1S/C9H14N2O3S.Na.H/c1-4-7(10)5(2)9(15(12,13)14)6(3)8(4)11;;/h10-11H2,1-3H3,(H,12,13,14);;/q;+1;-1. The fourth-order valence-corrected chi connectivity index (χ4v) is 2.61. The molecule has 1 aromatic carbocycles. The molecule has 0 heterocycles. The topological polar surface area (TPSA) is 106 Å². The first kappa shape index (κ1) is 15.7. The maximum atomic E-state index is 11.1. The zero-order chi connectivity index (χ0) is 12.0. The fraction of sp³-hybridized carbons (Fsp3) is 0.333. The molecule has 0 aliphatic heterocycles. The third-order valence-electron chi connectivity index (χ3n) is 2.56. The molecule has 0 saturated carbocycles. The molecule has 0 aliphatic rings. The Morgan fingerprint density at radius 1 is 1.00 bits per heavy atom. The van der Waals surface area contributed by atoms with Crippen LogP contribution in [0.15, 0.2) is 4.90 Å². The predicted molar refractivity (Wildman–Crippen MR) is 60.4 cm³/mol. The van der Waals surface area contributed by atoms with Crippen LogP contribution in [0.1, 0.15) is 18.1 Å². The maximum Gasteiger partial charge on any atom is 1.00 e. The SMILES string of the molecule is Cc1c(N)c(C)c(S(=O)(=O)O)c(C)c1N.[H-].[Na+]. The van der Waals surface area contributed by atoms with Gasteiger partial charge in [0.05, 0.1) is 0 Å². The van der Waals surface area contributed by atoms with Gasteiger partial charge in [0.15, 0.2) is 0 Å². The second kappa shape index (κ2) is 4.93. The summed E-state index contributed by atoms with van der Waals surface area (Å²) in [7, 11) is -4.29. The first-order chi connectivity index (χ1) is 6.68. The third kappa shape index (κ3) is 2.52. The van der Waals surface area contributed by atoms with Crippen molar-refractivity contribution in [3.8, 4) is 0 Å². The van der Waals surface area contributed by atoms with Gasteiger partial charge in [0.1, 0.15) is 4.90 Å². The van der Waals surface area contributed by atoms with Crippen molar-refractivity contribution in [3.05, 3.63) is 16.7 Å². The summed E-state index contributed by atoms with van der Waals surface area (Å²) in [5, 5.41) is 0. The van der Waals surface area contributed by atoms with Gasteiger partial charge >= 0.3 is 29.6 Å². The molecule has 0 atom stereocenters. The Hall–Kier alpha value is -0.270. The summed E-state index contributed by atoms with van der Waals surface area (Å²) < 4.78 is 31.3. The number of hydrogen-bond acceptors (Lipinski definition) is 4. The summed E-state index contributed by atoms with van der Waals surface area (Å²) in [6.07, 6.45) is 0. The van der Waals surface area contributed by atoms with E-state index in [1.807, 2.05) is 0 Å². The van der Waals surface area contributed by atoms with Crippen LogP contribution in [-0.2, 0) is 10.1 Å². The second-order valence-corrected chi connectivity index (χ2v) is 4.86. The van der Waals surface area contributed by atoms with E-state index in [2.05, 4.69) is 0 Å². The van der Waals surface area contributed by atoms with Crippen molar-refractivity contribution < 1.29 is 44.0 Å². The maximum absolute atomic E-state index is 11.1. The molecule has 5 N–H and O–H groups in total. The Bertz CT molecular complexity index is 503. The summed E-state index contributed by atoms with van der Waals surface area (Å²) in [4.78, 5) is -0.192. The first-order valence-electron chi connectivity index (χ1n) is 4.30. The van der Waals surface area contributed by atoms with Crippen molar-refractivity contribution in [2.45, 2.75) is 25.7 Å². The molecule has 0 saturated heterocycles. The van der Waals surface area contributed by atoms with E-state index in [4.69, 9.17) is 16.0 Å². The molecule has 0 bridgehead atoms. The van der Waals surface area contributed by atoms with Crippen LogP contribution in [0.2, 0.25) is 0 Å². The van der Waals surface area contributed by atoms with Crippen molar-refractivity contribution in [1.82, 2.24) is 0 Å². The van der Waals surface area contributed by atoms with E-state index >= 15 is 0 Å². The van der Waals surface area contributed by atoms with E-state index in [0.29, 0.717) is 28.1 Å². The van der Waals surface area contributed by atoms with Gasteiger partial charge in [-0.25, -0.2) is 0 Å². The van der Waals surface area contributed by atoms with Crippen LogP contribution in [0, 0.1) is 20.8 Å². The molecule has 5 nitrogen and oxygen atoms in total. The van der Waals surface area contributed by atoms with Crippen molar-refractivity contribution in [2.75, 3.05) is 11.5 Å². The van der Waals surface area contributed by atoms with Gasteiger partial charge in [-0.1, -0.05) is 0 Å². The molecule has 0 unspecified atom stereocenters. The van der Waals surface area contributed by atoms with Gasteiger partial charge in [-0.2, -0.15) is 8.42 Å². The summed E-state index contributed by atoms with van der Waals surface area (Å²) in [6, 6.07) is 0. The van der Waals surface area contributed by atoms with Crippen LogP contribution in [0.5, 0.6) is 0 Å². The average Bonchev–Trinajstić information content (AvgIpc) is 2.09. The van der Waals surface area contributed by atoms with Gasteiger partial charge in [0.25, 0.3) is 10.1 Å². The smallest absolute Gasteiger partial charge is 1.00 e. The van der Waals surface area contributed by atoms with Gasteiger partial charge in [0.2, 0.25) is 0 Å². The van der Waals surface area contributed by atoms with E-state index in [-0.39, 0.29) is 35.9 Å². The number of rotatable bonds is 1. The van der Waals surface area contributed by atoms with Crippen LogP contribution in [-0.4, -0.2) is 13.0 Å². The zero-order valence-electron chi connectivity index (χ0n) is 10.8. The monoisotopic (exact) mass is 254 g/mol. The minimum atomic E-state index is -4.29. The van der Waals surface area contributed by atoms with Crippen LogP contribution in [0.25, 0.3) is 0 Å². The van der Waals surface area contributed by atoms with Crippen molar-refractivity contribution in [2.24, 2.45) is 0 Å². The predicted octanol–water partition coefficient (Wildman–Crippen LogP) is -1.86. The molecule has 0 fully saturated rings. The number of nitrogen functional groups attached to an aromatic ring is 2. The Morgan fingerprint density at radius 3 is 1.56 bits per heavy atom. The van der Waals surface area contributed by atoms with E-state index < -0.39 is 10.1 Å². The largest absolute Gasteiger partial charge is 1.00 e. The molecule has 1 rings (SSSR count). The van der Waals surface area contributed by atoms with Crippen LogP contribution in [0.3, 0.4) is 0 Å². The Morgan fingerprint density at radius 2 is 1.31 bits per heavy atom. The van der Waals surface area contributed by atoms with E-state index in [1.54, 1.807) is 6.92 Å². The van der Waals surface area contributed by atoms with Gasteiger partial charge in [-0.3, -0.25) is 4.55 Å². The molecule has 0 amide bonds. The van der Waals surface area contributed by atoms with E-state index in [1.165, 1.54) is 13.8 Å². The summed E-state index contributed by atoms with van der Waals surface area (Å²) in [6.45, 7) is 4.79. The van der Waals surface area contributed by atoms with Gasteiger partial charge < -0.3 is 12.9 Å². The average molecular weight is 254 g/mol. The van der Waals surface area contributed by atoms with E-state index in [0.717, 1.165) is 0 Å². The molecule has 7 heteroatoms. The van der Waals surface area contributed by atoms with Gasteiger partial charge in [0, 0.05) is 11.4 Å². The minimum absolute atomic E-state index is 0. The van der Waals surface area contributed by atoms with E-state index in [9.17, 15) is 8.42 Å². The number of benzene rings is 1. The third-order valence-corrected chi connectivity index (χ3v) is 3.68. The molecule has 0 aliphatic carbocycles. The fourth-order valence-electron chi connectivity index (χ4n) is 1.62. The van der Waals surface area contributed by atoms with Crippen molar-refractivity contribution >= 4 is 21.5 Å². The van der Waals surface area contributed by atoms with Gasteiger partial charge in [-0.05, 0) is 37.5 Å². The molecular weight excluding hydrogens is 239 g/mol. The summed E-state index contributed by atoms with van der Waals surface area (Å²) in [5.74, 6) is 0.